The average molecular weight is 730 g/mol. The van der Waals surface area contributed by atoms with E-state index in [1.807, 2.05) is 12.1 Å². The topological polar surface area (TPSA) is 29.5 Å². The number of rotatable bonds is 7. The smallest absolute Gasteiger partial charge is 0.143 e. The van der Waals surface area contributed by atoms with E-state index in [9.17, 15) is 0 Å². The number of hydrogen-bond acceptors (Lipinski definition) is 3. The maximum Gasteiger partial charge on any atom is 0.143 e. The van der Waals surface area contributed by atoms with Crippen LogP contribution in [0.5, 0.6) is 0 Å². The van der Waals surface area contributed by atoms with Gasteiger partial charge in [-0.05, 0) is 88.0 Å². The van der Waals surface area contributed by atoms with Crippen molar-refractivity contribution in [2.45, 2.75) is 0 Å². The largest absolute Gasteiger partial charge is 0.455 e. The third-order valence-corrected chi connectivity index (χ3v) is 11.1. The third kappa shape index (κ3) is 5.76. The minimum Gasteiger partial charge on any atom is -0.455 e. The maximum absolute atomic E-state index is 6.57. The molecule has 0 unspecified atom stereocenters. The Bertz CT molecular complexity index is 3200. The lowest BCUT2D eigenvalue weighted by molar-refractivity contribution is 0.669. The highest BCUT2D eigenvalue weighted by Crippen LogP contribution is 2.43. The highest BCUT2D eigenvalue weighted by Gasteiger charge is 2.18. The van der Waals surface area contributed by atoms with E-state index in [2.05, 4.69) is 205 Å². The average Bonchev–Trinajstić information content (AvgIpc) is 3.86. The standard InChI is InChI=1S/C54H35NO2/c1-4-12-36(13-5-1)37-22-27-42(28-23-37)55(44-31-33-52-50(35-44)48-21-11-19-46(54(48)57-52)40-16-8-3-9-17-40)43-29-24-38(25-30-43)41-26-32-51-49(34-41)47-20-10-18-45(53(47)56-51)39-14-6-2-7-15-39/h1-35H. The van der Waals surface area contributed by atoms with Crippen LogP contribution in [0.15, 0.2) is 221 Å². The van der Waals surface area contributed by atoms with Crippen molar-refractivity contribution in [3.05, 3.63) is 212 Å². The first-order valence-electron chi connectivity index (χ1n) is 19.3. The van der Waals surface area contributed by atoms with E-state index in [-0.39, 0.29) is 0 Å². The molecule has 0 radical (unpaired) electrons. The van der Waals surface area contributed by atoms with Crippen LogP contribution in [-0.2, 0) is 0 Å². The summed E-state index contributed by atoms with van der Waals surface area (Å²) in [5.74, 6) is 0. The second-order valence-corrected chi connectivity index (χ2v) is 14.5. The summed E-state index contributed by atoms with van der Waals surface area (Å²) in [6, 6.07) is 75.0. The zero-order chi connectivity index (χ0) is 37.7. The molecule has 0 saturated carbocycles. The minimum absolute atomic E-state index is 0.866. The molecule has 3 heteroatoms. The summed E-state index contributed by atoms with van der Waals surface area (Å²) < 4.78 is 13.0. The van der Waals surface area contributed by atoms with Crippen LogP contribution in [0.25, 0.3) is 88.4 Å². The molecule has 268 valence electrons. The summed E-state index contributed by atoms with van der Waals surface area (Å²) in [5.41, 5.74) is 15.9. The molecule has 2 heterocycles. The van der Waals surface area contributed by atoms with Gasteiger partial charge in [-0.1, -0.05) is 158 Å². The number of nitrogens with zero attached hydrogens (tertiary/aromatic N) is 1. The van der Waals surface area contributed by atoms with Crippen LogP contribution in [0.2, 0.25) is 0 Å². The lowest BCUT2D eigenvalue weighted by Crippen LogP contribution is -2.09. The number of fused-ring (bicyclic) bond motifs is 6. The highest BCUT2D eigenvalue weighted by molar-refractivity contribution is 6.12. The van der Waals surface area contributed by atoms with Crippen molar-refractivity contribution in [3.8, 4) is 44.5 Å². The van der Waals surface area contributed by atoms with Gasteiger partial charge in [-0.15, -0.1) is 0 Å². The van der Waals surface area contributed by atoms with E-state index >= 15 is 0 Å². The van der Waals surface area contributed by atoms with Crippen LogP contribution in [0, 0.1) is 0 Å². The molecule has 0 atom stereocenters. The van der Waals surface area contributed by atoms with Crippen molar-refractivity contribution in [2.75, 3.05) is 4.90 Å². The van der Waals surface area contributed by atoms with Crippen LogP contribution in [0.3, 0.4) is 0 Å². The molecule has 0 bridgehead atoms. The van der Waals surface area contributed by atoms with Gasteiger partial charge in [0, 0.05) is 49.7 Å². The number of furan rings is 2. The maximum atomic E-state index is 6.57. The molecule has 0 aliphatic rings. The Morgan fingerprint density at radius 1 is 0.263 bits per heavy atom. The van der Waals surface area contributed by atoms with Gasteiger partial charge in [-0.2, -0.15) is 0 Å². The molecule has 0 amide bonds. The van der Waals surface area contributed by atoms with Crippen molar-refractivity contribution in [2.24, 2.45) is 0 Å². The lowest BCUT2D eigenvalue weighted by atomic mass is 10.00. The first kappa shape index (κ1) is 32.8. The summed E-state index contributed by atoms with van der Waals surface area (Å²) in [5, 5.41) is 4.41. The molecule has 0 saturated heterocycles. The molecule has 0 spiro atoms. The van der Waals surface area contributed by atoms with Gasteiger partial charge in [-0.25, -0.2) is 0 Å². The summed E-state index contributed by atoms with van der Waals surface area (Å²) in [4.78, 5) is 2.33. The molecule has 0 N–H and O–H groups in total. The van der Waals surface area contributed by atoms with Crippen molar-refractivity contribution in [1.82, 2.24) is 0 Å². The van der Waals surface area contributed by atoms with Gasteiger partial charge in [0.1, 0.15) is 22.3 Å². The molecule has 57 heavy (non-hydrogen) atoms. The quantitative estimate of drug-likeness (QED) is 0.164. The van der Waals surface area contributed by atoms with E-state index in [1.54, 1.807) is 0 Å². The second-order valence-electron chi connectivity index (χ2n) is 14.5. The fourth-order valence-electron chi connectivity index (χ4n) is 8.28. The van der Waals surface area contributed by atoms with Gasteiger partial charge in [0.15, 0.2) is 0 Å². The Morgan fingerprint density at radius 3 is 1.19 bits per heavy atom. The van der Waals surface area contributed by atoms with E-state index in [0.717, 1.165) is 94.3 Å². The number of anilines is 3. The molecule has 11 rings (SSSR count). The Labute approximate surface area is 330 Å². The normalized spacial score (nSPS) is 11.5. The lowest BCUT2D eigenvalue weighted by Gasteiger charge is -2.26. The van der Waals surface area contributed by atoms with E-state index < -0.39 is 0 Å². The molecule has 9 aromatic carbocycles. The molecular weight excluding hydrogens is 695 g/mol. The molecule has 0 fully saturated rings. The number of benzene rings is 9. The Morgan fingerprint density at radius 2 is 0.667 bits per heavy atom. The van der Waals surface area contributed by atoms with E-state index in [0.29, 0.717) is 0 Å². The van der Waals surface area contributed by atoms with Gasteiger partial charge >= 0.3 is 0 Å². The van der Waals surface area contributed by atoms with Crippen molar-refractivity contribution in [1.29, 1.82) is 0 Å². The molecule has 3 nitrogen and oxygen atoms in total. The monoisotopic (exact) mass is 729 g/mol. The Hall–Kier alpha value is -7.62. The van der Waals surface area contributed by atoms with Gasteiger partial charge in [0.25, 0.3) is 0 Å². The van der Waals surface area contributed by atoms with Crippen LogP contribution in [0.1, 0.15) is 0 Å². The molecule has 11 aromatic rings. The zero-order valence-electron chi connectivity index (χ0n) is 31.0. The highest BCUT2D eigenvalue weighted by atomic mass is 16.3. The minimum atomic E-state index is 0.866. The van der Waals surface area contributed by atoms with Gasteiger partial charge in [0.05, 0.1) is 0 Å². The van der Waals surface area contributed by atoms with Crippen LogP contribution in [-0.4, -0.2) is 0 Å². The first-order chi connectivity index (χ1) is 28.2. The predicted molar refractivity (Wildman–Crippen MR) is 237 cm³/mol. The summed E-state index contributed by atoms with van der Waals surface area (Å²) in [6.07, 6.45) is 0. The fraction of sp³-hybridized carbons (Fsp3) is 0. The summed E-state index contributed by atoms with van der Waals surface area (Å²) >= 11 is 0. The SMILES string of the molecule is c1ccc(-c2ccc(N(c3ccc(-c4ccc5oc6c(-c7ccccc7)cccc6c5c4)cc3)c3ccc4oc5c(-c6ccccc6)cccc5c4c3)cc2)cc1. The van der Waals surface area contributed by atoms with E-state index in [1.165, 1.54) is 11.1 Å². The summed E-state index contributed by atoms with van der Waals surface area (Å²) in [7, 11) is 0. The van der Waals surface area contributed by atoms with Gasteiger partial charge in [-0.3, -0.25) is 0 Å². The summed E-state index contributed by atoms with van der Waals surface area (Å²) in [6.45, 7) is 0. The van der Waals surface area contributed by atoms with Crippen molar-refractivity contribution < 1.29 is 8.83 Å². The Balaban J connectivity index is 1.00. The van der Waals surface area contributed by atoms with Crippen molar-refractivity contribution >= 4 is 60.9 Å². The molecular formula is C54H35NO2. The first-order valence-corrected chi connectivity index (χ1v) is 19.3. The zero-order valence-corrected chi connectivity index (χ0v) is 31.0. The van der Waals surface area contributed by atoms with Crippen LogP contribution in [0.4, 0.5) is 17.1 Å². The van der Waals surface area contributed by atoms with Gasteiger partial charge in [0.2, 0.25) is 0 Å². The molecule has 2 aromatic heterocycles. The fourth-order valence-corrected chi connectivity index (χ4v) is 8.28. The van der Waals surface area contributed by atoms with Crippen LogP contribution < -0.4 is 4.90 Å². The van der Waals surface area contributed by atoms with Crippen LogP contribution >= 0.6 is 0 Å². The second kappa shape index (κ2) is 13.6. The third-order valence-electron chi connectivity index (χ3n) is 11.1. The molecule has 0 aliphatic carbocycles. The predicted octanol–water partition coefficient (Wildman–Crippen LogP) is 15.6. The number of hydrogen-bond donors (Lipinski definition) is 0. The van der Waals surface area contributed by atoms with E-state index in [4.69, 9.17) is 8.83 Å². The van der Waals surface area contributed by atoms with Crippen molar-refractivity contribution in [3.63, 3.8) is 0 Å². The Kier molecular flexibility index (Phi) is 7.82. The van der Waals surface area contributed by atoms with Gasteiger partial charge < -0.3 is 13.7 Å². The molecule has 0 aliphatic heterocycles. The number of para-hydroxylation sites is 2.